The summed E-state index contributed by atoms with van der Waals surface area (Å²) < 4.78 is 0. The molecular formula is C10H19N2O3. The summed E-state index contributed by atoms with van der Waals surface area (Å²) in [5, 5.41) is 11.0. The van der Waals surface area contributed by atoms with Crippen LogP contribution in [0.1, 0.15) is 38.5 Å². The molecule has 5 heteroatoms. The molecule has 0 atom stereocenters. The number of carboxylic acid groups (broad SMARTS) is 1. The van der Waals surface area contributed by atoms with Gasteiger partial charge < -0.3 is 10.4 Å². The van der Waals surface area contributed by atoms with Crippen molar-refractivity contribution >= 4 is 11.9 Å². The summed E-state index contributed by atoms with van der Waals surface area (Å²) in [5.41, 5.74) is 6.92. The lowest BCUT2D eigenvalue weighted by molar-refractivity contribution is -0.138. The minimum Gasteiger partial charge on any atom is -0.481 e. The molecule has 0 aromatic heterocycles. The first-order valence-corrected chi connectivity index (χ1v) is 5.30. The van der Waals surface area contributed by atoms with Crippen LogP contribution in [-0.2, 0) is 9.59 Å². The monoisotopic (exact) mass is 215 g/mol. The van der Waals surface area contributed by atoms with Crippen LogP contribution in [0.3, 0.4) is 0 Å². The molecule has 0 bridgehead atoms. The van der Waals surface area contributed by atoms with Crippen LogP contribution in [0.4, 0.5) is 0 Å². The van der Waals surface area contributed by atoms with Crippen LogP contribution < -0.4 is 11.1 Å². The van der Waals surface area contributed by atoms with E-state index in [1.54, 1.807) is 0 Å². The van der Waals surface area contributed by atoms with Gasteiger partial charge in [0.1, 0.15) is 0 Å². The molecule has 0 rings (SSSR count). The number of carbonyl (C=O) groups is 2. The normalized spacial score (nSPS) is 9.93. The molecule has 0 unspecified atom stereocenters. The van der Waals surface area contributed by atoms with E-state index in [1.165, 1.54) is 0 Å². The zero-order chi connectivity index (χ0) is 11.5. The van der Waals surface area contributed by atoms with Gasteiger partial charge in [-0.05, 0) is 12.8 Å². The topological polar surface area (TPSA) is 90.2 Å². The fourth-order valence-corrected chi connectivity index (χ4v) is 1.14. The smallest absolute Gasteiger partial charge is 0.303 e. The molecule has 1 radical (unpaired) electrons. The van der Waals surface area contributed by atoms with E-state index in [0.29, 0.717) is 13.1 Å². The van der Waals surface area contributed by atoms with Gasteiger partial charge in [0, 0.05) is 19.5 Å². The first-order valence-electron chi connectivity index (χ1n) is 5.30. The average Bonchev–Trinajstić information content (AvgIpc) is 2.20. The Hall–Kier alpha value is -1.10. The molecule has 15 heavy (non-hydrogen) atoms. The summed E-state index contributed by atoms with van der Waals surface area (Å²) >= 11 is 0. The minimum atomic E-state index is -0.944. The van der Waals surface area contributed by atoms with E-state index in [4.69, 9.17) is 10.8 Å². The predicted molar refractivity (Wildman–Crippen MR) is 56.3 cm³/mol. The highest BCUT2D eigenvalue weighted by Gasteiger charge is 2.03. The van der Waals surface area contributed by atoms with Gasteiger partial charge in [-0.15, -0.1) is 0 Å². The second kappa shape index (κ2) is 9.45. The van der Waals surface area contributed by atoms with Crippen molar-refractivity contribution in [3.63, 3.8) is 0 Å². The first kappa shape index (κ1) is 13.9. The molecule has 87 valence electrons. The zero-order valence-corrected chi connectivity index (χ0v) is 8.92. The van der Waals surface area contributed by atoms with Crippen molar-refractivity contribution < 1.29 is 14.7 Å². The summed E-state index contributed by atoms with van der Waals surface area (Å²) in [5.74, 6) is -1.14. The number of carbonyl (C=O) groups excluding carboxylic acids is 1. The van der Waals surface area contributed by atoms with Crippen LogP contribution in [0.2, 0.25) is 0 Å². The van der Waals surface area contributed by atoms with Crippen LogP contribution in [0.25, 0.3) is 0 Å². The van der Waals surface area contributed by atoms with Gasteiger partial charge in [0.2, 0.25) is 5.91 Å². The largest absolute Gasteiger partial charge is 0.481 e. The van der Waals surface area contributed by atoms with E-state index < -0.39 is 5.97 Å². The van der Waals surface area contributed by atoms with E-state index in [2.05, 4.69) is 5.32 Å². The number of amides is 1. The Balaban J connectivity index is 3.20. The van der Waals surface area contributed by atoms with Crippen molar-refractivity contribution in [3.8, 4) is 0 Å². The van der Waals surface area contributed by atoms with Crippen molar-refractivity contribution in [2.45, 2.75) is 38.5 Å². The Morgan fingerprint density at radius 1 is 1.07 bits per heavy atom. The maximum atomic E-state index is 11.0. The van der Waals surface area contributed by atoms with Gasteiger partial charge in [0.25, 0.3) is 0 Å². The van der Waals surface area contributed by atoms with Crippen molar-refractivity contribution in [2.24, 2.45) is 0 Å². The number of hydrogen-bond donors (Lipinski definition) is 2. The van der Waals surface area contributed by atoms with Crippen LogP contribution >= 0.6 is 0 Å². The highest BCUT2D eigenvalue weighted by Crippen LogP contribution is 1.97. The fraction of sp³-hybridized carbons (Fsp3) is 0.800. The third-order valence-electron chi connectivity index (χ3n) is 1.99. The molecule has 3 N–H and O–H groups in total. The molecule has 0 spiro atoms. The average molecular weight is 215 g/mol. The number of rotatable bonds is 9. The standard InChI is InChI=1S/C10H19N2O3/c11-7-3-1-2-4-8-12-9(13)5-6-10(14)15/h11H,1-8H2,(H,12,13)(H,14,15). The quantitative estimate of drug-likeness (QED) is 0.558. The van der Waals surface area contributed by atoms with Gasteiger partial charge in [0.15, 0.2) is 0 Å². The molecule has 0 heterocycles. The number of aliphatic carboxylic acids is 1. The van der Waals surface area contributed by atoms with Crippen LogP contribution in [-0.4, -0.2) is 30.1 Å². The lowest BCUT2D eigenvalue weighted by atomic mass is 10.2. The minimum absolute atomic E-state index is 0.0576. The number of unbranched alkanes of at least 4 members (excludes halogenated alkanes) is 3. The second-order valence-electron chi connectivity index (χ2n) is 3.41. The highest BCUT2D eigenvalue weighted by molar-refractivity contribution is 5.80. The van der Waals surface area contributed by atoms with Crippen LogP contribution in [0.15, 0.2) is 0 Å². The van der Waals surface area contributed by atoms with Crippen LogP contribution in [0, 0.1) is 0 Å². The molecule has 0 aliphatic heterocycles. The third kappa shape index (κ3) is 10.8. The van der Waals surface area contributed by atoms with Crippen LogP contribution in [0.5, 0.6) is 0 Å². The van der Waals surface area contributed by atoms with Crippen molar-refractivity contribution in [1.29, 1.82) is 0 Å². The maximum Gasteiger partial charge on any atom is 0.303 e. The van der Waals surface area contributed by atoms with E-state index in [0.717, 1.165) is 25.7 Å². The van der Waals surface area contributed by atoms with Gasteiger partial charge in [-0.25, -0.2) is 0 Å². The van der Waals surface area contributed by atoms with Gasteiger partial charge in [-0.1, -0.05) is 12.8 Å². The molecule has 0 saturated heterocycles. The number of hydrogen-bond acceptors (Lipinski definition) is 2. The van der Waals surface area contributed by atoms with E-state index in [-0.39, 0.29) is 18.7 Å². The Morgan fingerprint density at radius 2 is 1.73 bits per heavy atom. The predicted octanol–water partition coefficient (Wildman–Crippen LogP) is 0.811. The molecule has 0 fully saturated rings. The Morgan fingerprint density at radius 3 is 2.33 bits per heavy atom. The molecule has 0 aromatic rings. The molecule has 5 nitrogen and oxygen atoms in total. The SMILES string of the molecule is [NH]CCCCCCNC(=O)CCC(=O)O. The summed E-state index contributed by atoms with van der Waals surface area (Å²) in [4.78, 5) is 21.2. The van der Waals surface area contributed by atoms with Gasteiger partial charge in [-0.2, -0.15) is 0 Å². The molecule has 0 aliphatic rings. The third-order valence-corrected chi connectivity index (χ3v) is 1.99. The molecular weight excluding hydrogens is 196 g/mol. The van der Waals surface area contributed by atoms with Crippen molar-refractivity contribution in [2.75, 3.05) is 13.1 Å². The van der Waals surface area contributed by atoms with Gasteiger partial charge in [-0.3, -0.25) is 15.3 Å². The summed E-state index contributed by atoms with van der Waals surface area (Å²) in [6, 6.07) is 0. The highest BCUT2D eigenvalue weighted by atomic mass is 16.4. The fourth-order valence-electron chi connectivity index (χ4n) is 1.14. The Kier molecular flexibility index (Phi) is 8.76. The lowest BCUT2D eigenvalue weighted by Crippen LogP contribution is -2.24. The van der Waals surface area contributed by atoms with E-state index in [9.17, 15) is 9.59 Å². The second-order valence-corrected chi connectivity index (χ2v) is 3.41. The Bertz CT molecular complexity index is 195. The van der Waals surface area contributed by atoms with E-state index >= 15 is 0 Å². The number of nitrogens with one attached hydrogen (secondary N) is 2. The molecule has 0 aromatic carbocycles. The number of carboxylic acids is 1. The first-order chi connectivity index (χ1) is 7.16. The molecule has 0 saturated carbocycles. The van der Waals surface area contributed by atoms with E-state index in [1.807, 2.05) is 0 Å². The van der Waals surface area contributed by atoms with Gasteiger partial charge >= 0.3 is 5.97 Å². The van der Waals surface area contributed by atoms with Crippen molar-refractivity contribution in [1.82, 2.24) is 11.1 Å². The summed E-state index contributed by atoms with van der Waals surface area (Å²) in [6.07, 6.45) is 3.80. The zero-order valence-electron chi connectivity index (χ0n) is 8.92. The van der Waals surface area contributed by atoms with Gasteiger partial charge in [0.05, 0.1) is 6.42 Å². The summed E-state index contributed by atoms with van der Waals surface area (Å²) in [7, 11) is 0. The van der Waals surface area contributed by atoms with Crippen molar-refractivity contribution in [3.05, 3.63) is 0 Å². The summed E-state index contributed by atoms with van der Waals surface area (Å²) in [6.45, 7) is 1.07. The maximum absolute atomic E-state index is 11.0. The molecule has 1 amide bonds. The molecule has 0 aliphatic carbocycles. The lowest BCUT2D eigenvalue weighted by Gasteiger charge is -2.03. The Labute approximate surface area is 90.0 Å².